The molecule has 0 fully saturated rings. The predicted octanol–water partition coefficient (Wildman–Crippen LogP) is 8.17. The summed E-state index contributed by atoms with van der Waals surface area (Å²) in [5, 5.41) is 10.0. The van der Waals surface area contributed by atoms with Gasteiger partial charge in [-0.1, -0.05) is 78.9 Å². The van der Waals surface area contributed by atoms with E-state index in [1.54, 1.807) is 0 Å². The van der Waals surface area contributed by atoms with E-state index in [-0.39, 0.29) is 12.1 Å². The number of hydrogen-bond donors (Lipinski definition) is 3. The topological polar surface area (TPSA) is 117 Å². The van der Waals surface area contributed by atoms with Crippen LogP contribution in [0.2, 0.25) is 0 Å². The second-order valence-electron chi connectivity index (χ2n) is 11.7. The third-order valence-corrected chi connectivity index (χ3v) is 6.95. The first kappa shape index (κ1) is 31.1. The van der Waals surface area contributed by atoms with Crippen LogP contribution in [0.4, 0.5) is 40.9 Å². The first-order chi connectivity index (χ1) is 22.9. The predicted molar refractivity (Wildman–Crippen MR) is 190 cm³/mol. The molecular weight excluding hydrogens is 584 g/mol. The summed E-state index contributed by atoms with van der Waals surface area (Å²) in [5.74, 6) is 3.24. The summed E-state index contributed by atoms with van der Waals surface area (Å²) in [6, 6.07) is 38.5. The van der Waals surface area contributed by atoms with Crippen molar-refractivity contribution in [2.75, 3.05) is 20.9 Å². The average molecular weight is 623 g/mol. The summed E-state index contributed by atoms with van der Waals surface area (Å²) in [4.78, 5) is 30.8. The van der Waals surface area contributed by atoms with Gasteiger partial charge in [-0.3, -0.25) is 4.90 Å². The van der Waals surface area contributed by atoms with Crippen LogP contribution < -0.4 is 20.9 Å². The van der Waals surface area contributed by atoms with Crippen molar-refractivity contribution in [3.05, 3.63) is 127 Å². The molecule has 0 aliphatic carbocycles. The lowest BCUT2D eigenvalue weighted by molar-refractivity contribution is 0.849. The molecule has 47 heavy (non-hydrogen) atoms. The SMILES string of the molecule is CC(C)Nc1nc(Cc2cccc(N(c3ccccc3)c3nc(NC(C)C)nc(-c4ccccc4)n3)c2)nc(Nc2ccccc2)n1. The number of nitrogens with zero attached hydrogens (tertiary/aromatic N) is 7. The summed E-state index contributed by atoms with van der Waals surface area (Å²) in [7, 11) is 0. The molecule has 6 aromatic rings. The van der Waals surface area contributed by atoms with Gasteiger partial charge in [-0.05, 0) is 69.7 Å². The van der Waals surface area contributed by atoms with Crippen LogP contribution in [0.5, 0.6) is 0 Å². The molecule has 0 aliphatic heterocycles. The highest BCUT2D eigenvalue weighted by molar-refractivity contribution is 5.74. The van der Waals surface area contributed by atoms with Crippen molar-refractivity contribution in [1.82, 2.24) is 29.9 Å². The van der Waals surface area contributed by atoms with E-state index in [1.807, 2.05) is 102 Å². The molecule has 10 heteroatoms. The quantitative estimate of drug-likeness (QED) is 0.123. The highest BCUT2D eigenvalue weighted by atomic mass is 15.3. The summed E-state index contributed by atoms with van der Waals surface area (Å²) < 4.78 is 0. The molecule has 0 aliphatic rings. The van der Waals surface area contributed by atoms with Gasteiger partial charge in [0, 0.05) is 41.1 Å². The van der Waals surface area contributed by atoms with Gasteiger partial charge in [-0.2, -0.15) is 29.9 Å². The molecule has 0 atom stereocenters. The third kappa shape index (κ3) is 8.23. The van der Waals surface area contributed by atoms with Gasteiger partial charge in [0.15, 0.2) is 5.82 Å². The lowest BCUT2D eigenvalue weighted by Gasteiger charge is -2.24. The Balaban J connectivity index is 1.39. The van der Waals surface area contributed by atoms with Gasteiger partial charge in [-0.15, -0.1) is 0 Å². The van der Waals surface area contributed by atoms with Crippen molar-refractivity contribution in [1.29, 1.82) is 0 Å². The van der Waals surface area contributed by atoms with Crippen molar-refractivity contribution >= 4 is 40.9 Å². The standard InChI is InChI=1S/C37H38N10/c1-25(2)38-34-41-32(42-36(45-34)40-29-18-10-6-11-19-29)24-27-15-14-22-31(23-27)47(30-20-12-7-13-21-30)37-44-33(28-16-8-5-9-17-28)43-35(46-37)39-26(3)4/h5-23,25-26H,24H2,1-4H3,(H,39,43,44,46)(H2,38,40,41,42,45). The van der Waals surface area contributed by atoms with Crippen molar-refractivity contribution in [3.63, 3.8) is 0 Å². The molecule has 0 unspecified atom stereocenters. The zero-order valence-corrected chi connectivity index (χ0v) is 27.0. The van der Waals surface area contributed by atoms with Crippen LogP contribution >= 0.6 is 0 Å². The minimum absolute atomic E-state index is 0.138. The van der Waals surface area contributed by atoms with Crippen LogP contribution in [0.25, 0.3) is 11.4 Å². The van der Waals surface area contributed by atoms with Crippen LogP contribution in [-0.4, -0.2) is 42.0 Å². The van der Waals surface area contributed by atoms with E-state index in [0.717, 1.165) is 28.2 Å². The van der Waals surface area contributed by atoms with E-state index in [4.69, 9.17) is 24.9 Å². The largest absolute Gasteiger partial charge is 0.352 e. The molecule has 4 aromatic carbocycles. The lowest BCUT2D eigenvalue weighted by Crippen LogP contribution is -2.18. The molecule has 0 amide bonds. The van der Waals surface area contributed by atoms with Crippen LogP contribution in [0.3, 0.4) is 0 Å². The van der Waals surface area contributed by atoms with Gasteiger partial charge in [-0.25, -0.2) is 0 Å². The maximum absolute atomic E-state index is 4.98. The molecule has 3 N–H and O–H groups in total. The third-order valence-electron chi connectivity index (χ3n) is 6.95. The number of hydrogen-bond acceptors (Lipinski definition) is 10. The molecule has 2 aromatic heterocycles. The highest BCUT2D eigenvalue weighted by Crippen LogP contribution is 2.34. The van der Waals surface area contributed by atoms with E-state index >= 15 is 0 Å². The van der Waals surface area contributed by atoms with Gasteiger partial charge in [0.05, 0.1) is 0 Å². The van der Waals surface area contributed by atoms with Crippen LogP contribution in [-0.2, 0) is 6.42 Å². The smallest absolute Gasteiger partial charge is 0.239 e. The monoisotopic (exact) mass is 622 g/mol. The summed E-state index contributed by atoms with van der Waals surface area (Å²) in [5.41, 5.74) is 4.65. The Morgan fingerprint density at radius 1 is 0.553 bits per heavy atom. The van der Waals surface area contributed by atoms with E-state index in [1.165, 1.54) is 0 Å². The number of aromatic nitrogens is 6. The normalized spacial score (nSPS) is 11.0. The van der Waals surface area contributed by atoms with E-state index < -0.39 is 0 Å². The molecule has 236 valence electrons. The lowest BCUT2D eigenvalue weighted by atomic mass is 10.1. The van der Waals surface area contributed by atoms with Gasteiger partial charge in [0.25, 0.3) is 0 Å². The molecule has 0 saturated carbocycles. The highest BCUT2D eigenvalue weighted by Gasteiger charge is 2.20. The zero-order valence-electron chi connectivity index (χ0n) is 27.0. The maximum atomic E-state index is 4.98. The van der Waals surface area contributed by atoms with Gasteiger partial charge in [0.2, 0.25) is 23.8 Å². The Hall–Kier alpha value is -5.90. The molecule has 2 heterocycles. The number of anilines is 7. The number of rotatable bonds is 12. The molecule has 0 saturated heterocycles. The number of benzene rings is 4. The van der Waals surface area contributed by atoms with Crippen molar-refractivity contribution in [3.8, 4) is 11.4 Å². The van der Waals surface area contributed by atoms with Gasteiger partial charge < -0.3 is 16.0 Å². The fourth-order valence-corrected chi connectivity index (χ4v) is 4.98. The Labute approximate surface area is 275 Å². The molecule has 0 bridgehead atoms. The average Bonchev–Trinajstić information content (AvgIpc) is 3.06. The van der Waals surface area contributed by atoms with Crippen LogP contribution in [0, 0.1) is 0 Å². The van der Waals surface area contributed by atoms with Crippen molar-refractivity contribution in [2.45, 2.75) is 46.2 Å². The summed E-state index contributed by atoms with van der Waals surface area (Å²) in [6.07, 6.45) is 0.488. The minimum Gasteiger partial charge on any atom is -0.352 e. The van der Waals surface area contributed by atoms with Crippen LogP contribution in [0.1, 0.15) is 39.1 Å². The Morgan fingerprint density at radius 3 is 1.83 bits per heavy atom. The molecule has 0 radical (unpaired) electrons. The first-order valence-electron chi connectivity index (χ1n) is 15.8. The first-order valence-corrected chi connectivity index (χ1v) is 15.8. The summed E-state index contributed by atoms with van der Waals surface area (Å²) >= 11 is 0. The van der Waals surface area contributed by atoms with E-state index in [9.17, 15) is 0 Å². The Morgan fingerprint density at radius 2 is 1.15 bits per heavy atom. The fraction of sp³-hybridized carbons (Fsp3) is 0.189. The fourth-order valence-electron chi connectivity index (χ4n) is 4.98. The van der Waals surface area contributed by atoms with E-state index in [2.05, 4.69) is 66.8 Å². The number of para-hydroxylation sites is 2. The summed E-state index contributed by atoms with van der Waals surface area (Å²) in [6.45, 7) is 8.24. The Kier molecular flexibility index (Phi) is 9.57. The van der Waals surface area contributed by atoms with Crippen LogP contribution in [0.15, 0.2) is 115 Å². The zero-order chi connectivity index (χ0) is 32.6. The molecule has 6 rings (SSSR count). The minimum atomic E-state index is 0.138. The van der Waals surface area contributed by atoms with Gasteiger partial charge >= 0.3 is 0 Å². The second kappa shape index (κ2) is 14.5. The molecule has 10 nitrogen and oxygen atoms in total. The number of nitrogens with one attached hydrogen (secondary N) is 3. The van der Waals surface area contributed by atoms with Crippen molar-refractivity contribution in [2.24, 2.45) is 0 Å². The molecule has 0 spiro atoms. The second-order valence-corrected chi connectivity index (χ2v) is 11.7. The maximum Gasteiger partial charge on any atom is 0.239 e. The Bertz CT molecular complexity index is 1900. The van der Waals surface area contributed by atoms with Gasteiger partial charge in [0.1, 0.15) is 5.82 Å². The molecular formula is C37H38N10. The van der Waals surface area contributed by atoms with E-state index in [0.29, 0.717) is 41.9 Å². The van der Waals surface area contributed by atoms with Crippen molar-refractivity contribution < 1.29 is 0 Å².